The van der Waals surface area contributed by atoms with Crippen molar-refractivity contribution >= 4 is 17.7 Å². The van der Waals surface area contributed by atoms with Crippen LogP contribution in [0.5, 0.6) is 5.75 Å². The Morgan fingerprint density at radius 1 is 1.00 bits per heavy atom. The van der Waals surface area contributed by atoms with Gasteiger partial charge in [0.05, 0.1) is 25.5 Å². The number of aromatic nitrogens is 3. The number of rotatable bonds is 7. The molecule has 0 radical (unpaired) electrons. The van der Waals surface area contributed by atoms with Crippen LogP contribution in [0.2, 0.25) is 0 Å². The molecule has 28 heavy (non-hydrogen) atoms. The highest BCUT2D eigenvalue weighted by atomic mass is 32.2. The van der Waals surface area contributed by atoms with Crippen LogP contribution in [0.1, 0.15) is 0 Å². The van der Waals surface area contributed by atoms with Crippen LogP contribution in [0.3, 0.4) is 0 Å². The van der Waals surface area contributed by atoms with Crippen LogP contribution < -0.4 is 9.64 Å². The number of halogens is 1. The molecule has 0 saturated carbocycles. The van der Waals surface area contributed by atoms with Gasteiger partial charge in [0.2, 0.25) is 5.95 Å². The number of nitrogens with zero attached hydrogens (tertiary/aromatic N) is 4. The summed E-state index contributed by atoms with van der Waals surface area (Å²) in [7, 11) is 0. The molecule has 0 N–H and O–H groups in total. The minimum absolute atomic E-state index is 0.270. The second-order valence-corrected chi connectivity index (χ2v) is 7.27. The Bertz CT molecular complexity index is 883. The summed E-state index contributed by atoms with van der Waals surface area (Å²) in [5.41, 5.74) is 1.02. The van der Waals surface area contributed by atoms with Crippen molar-refractivity contribution in [3.63, 3.8) is 0 Å². The second-order valence-electron chi connectivity index (χ2n) is 6.20. The van der Waals surface area contributed by atoms with Gasteiger partial charge in [-0.25, -0.2) is 4.39 Å². The molecule has 6 nitrogen and oxygen atoms in total. The number of para-hydroxylation sites is 1. The summed E-state index contributed by atoms with van der Waals surface area (Å²) < 4.78 is 26.2. The molecular weight excluding hydrogens is 379 g/mol. The van der Waals surface area contributed by atoms with Gasteiger partial charge >= 0.3 is 0 Å². The molecule has 8 heteroatoms. The van der Waals surface area contributed by atoms with Gasteiger partial charge in [0.1, 0.15) is 11.6 Å². The highest BCUT2D eigenvalue weighted by Gasteiger charge is 2.21. The van der Waals surface area contributed by atoms with Crippen molar-refractivity contribution in [1.29, 1.82) is 0 Å². The molecular formula is C20H21FN4O2S. The van der Waals surface area contributed by atoms with E-state index in [0.717, 1.165) is 29.9 Å². The van der Waals surface area contributed by atoms with E-state index in [9.17, 15) is 4.39 Å². The number of anilines is 1. The van der Waals surface area contributed by atoms with Crippen LogP contribution in [-0.4, -0.2) is 53.4 Å². The van der Waals surface area contributed by atoms with Gasteiger partial charge in [-0.05, 0) is 36.4 Å². The van der Waals surface area contributed by atoms with E-state index in [1.807, 2.05) is 30.3 Å². The van der Waals surface area contributed by atoms with Crippen LogP contribution >= 0.6 is 11.8 Å². The lowest BCUT2D eigenvalue weighted by Crippen LogP contribution is -2.37. The highest BCUT2D eigenvalue weighted by molar-refractivity contribution is 7.99. The zero-order valence-corrected chi connectivity index (χ0v) is 16.1. The molecule has 0 amide bonds. The summed E-state index contributed by atoms with van der Waals surface area (Å²) in [4.78, 5) is 2.20. The van der Waals surface area contributed by atoms with Gasteiger partial charge in [0.15, 0.2) is 5.16 Å². The molecule has 1 fully saturated rings. The maximum absolute atomic E-state index is 13.0. The molecule has 0 unspecified atom stereocenters. The predicted molar refractivity (Wildman–Crippen MR) is 107 cm³/mol. The zero-order chi connectivity index (χ0) is 19.2. The molecule has 0 spiro atoms. The molecule has 0 atom stereocenters. The van der Waals surface area contributed by atoms with Gasteiger partial charge in [-0.3, -0.25) is 4.57 Å². The topological polar surface area (TPSA) is 52.4 Å². The van der Waals surface area contributed by atoms with Crippen LogP contribution in [0, 0.1) is 5.82 Å². The first kappa shape index (κ1) is 18.8. The lowest BCUT2D eigenvalue weighted by molar-refractivity contribution is 0.122. The van der Waals surface area contributed by atoms with Crippen molar-refractivity contribution in [3.05, 3.63) is 60.4 Å². The van der Waals surface area contributed by atoms with E-state index in [1.165, 1.54) is 12.1 Å². The lowest BCUT2D eigenvalue weighted by Gasteiger charge is -2.27. The van der Waals surface area contributed by atoms with E-state index >= 15 is 0 Å². The standard InChI is InChI=1S/C20H21FN4O2S/c21-16-6-8-18(9-7-16)27-14-15-28-20-23-22-19(24-10-12-26-13-11-24)25(20)17-4-2-1-3-5-17/h1-9H,10-15H2. The van der Waals surface area contributed by atoms with Crippen LogP contribution in [0.25, 0.3) is 5.69 Å². The third kappa shape index (κ3) is 4.45. The smallest absolute Gasteiger partial charge is 0.232 e. The van der Waals surface area contributed by atoms with E-state index in [1.54, 1.807) is 23.9 Å². The van der Waals surface area contributed by atoms with Crippen molar-refractivity contribution in [3.8, 4) is 11.4 Å². The average molecular weight is 400 g/mol. The number of hydrogen-bond donors (Lipinski definition) is 0. The first-order chi connectivity index (χ1) is 13.8. The summed E-state index contributed by atoms with van der Waals surface area (Å²) in [5, 5.41) is 9.67. The Labute approximate surface area is 167 Å². The average Bonchev–Trinajstić information content (AvgIpc) is 3.18. The molecule has 1 aromatic heterocycles. The fraction of sp³-hybridized carbons (Fsp3) is 0.300. The van der Waals surface area contributed by atoms with Crippen LogP contribution in [0.15, 0.2) is 59.8 Å². The van der Waals surface area contributed by atoms with Crippen LogP contribution in [-0.2, 0) is 4.74 Å². The Morgan fingerprint density at radius 3 is 2.50 bits per heavy atom. The molecule has 1 saturated heterocycles. The van der Waals surface area contributed by atoms with Gasteiger partial charge in [-0.15, -0.1) is 10.2 Å². The highest BCUT2D eigenvalue weighted by Crippen LogP contribution is 2.27. The van der Waals surface area contributed by atoms with Gasteiger partial charge in [0.25, 0.3) is 0 Å². The van der Waals surface area contributed by atoms with Gasteiger partial charge in [-0.1, -0.05) is 30.0 Å². The first-order valence-corrected chi connectivity index (χ1v) is 10.1. The Kier molecular flexibility index (Phi) is 6.08. The van der Waals surface area contributed by atoms with E-state index in [4.69, 9.17) is 9.47 Å². The third-order valence-corrected chi connectivity index (χ3v) is 5.21. The summed E-state index contributed by atoms with van der Waals surface area (Å²) >= 11 is 1.58. The van der Waals surface area contributed by atoms with E-state index in [0.29, 0.717) is 31.3 Å². The van der Waals surface area contributed by atoms with Crippen LogP contribution in [0.4, 0.5) is 10.3 Å². The fourth-order valence-electron chi connectivity index (χ4n) is 2.95. The number of morpholine rings is 1. The number of ether oxygens (including phenoxy) is 2. The summed E-state index contributed by atoms with van der Waals surface area (Å²) in [5.74, 6) is 1.91. The van der Waals surface area contributed by atoms with Crippen molar-refractivity contribution < 1.29 is 13.9 Å². The van der Waals surface area contributed by atoms with Crippen molar-refractivity contribution in [2.24, 2.45) is 0 Å². The Morgan fingerprint density at radius 2 is 1.75 bits per heavy atom. The van der Waals surface area contributed by atoms with E-state index in [-0.39, 0.29) is 5.82 Å². The first-order valence-electron chi connectivity index (χ1n) is 9.16. The molecule has 2 heterocycles. The van der Waals surface area contributed by atoms with Crippen molar-refractivity contribution in [2.75, 3.05) is 43.6 Å². The third-order valence-electron chi connectivity index (χ3n) is 4.32. The molecule has 1 aliphatic heterocycles. The summed E-state index contributed by atoms with van der Waals surface area (Å²) in [6.45, 7) is 3.46. The normalized spacial score (nSPS) is 14.2. The van der Waals surface area contributed by atoms with Gasteiger partial charge < -0.3 is 14.4 Å². The maximum Gasteiger partial charge on any atom is 0.232 e. The van der Waals surface area contributed by atoms with Gasteiger partial charge in [-0.2, -0.15) is 0 Å². The lowest BCUT2D eigenvalue weighted by atomic mass is 10.3. The number of benzene rings is 2. The summed E-state index contributed by atoms with van der Waals surface area (Å²) in [6, 6.07) is 16.1. The molecule has 3 aromatic rings. The fourth-order valence-corrected chi connectivity index (χ4v) is 3.71. The Balaban J connectivity index is 1.46. The minimum atomic E-state index is -0.270. The second kappa shape index (κ2) is 9.07. The minimum Gasteiger partial charge on any atom is -0.493 e. The maximum atomic E-state index is 13.0. The van der Waals surface area contributed by atoms with E-state index < -0.39 is 0 Å². The quantitative estimate of drug-likeness (QED) is 0.448. The molecule has 0 aliphatic carbocycles. The van der Waals surface area contributed by atoms with Gasteiger partial charge in [0, 0.05) is 18.8 Å². The van der Waals surface area contributed by atoms with Crippen molar-refractivity contribution in [1.82, 2.24) is 14.8 Å². The predicted octanol–water partition coefficient (Wildman–Crippen LogP) is 3.41. The SMILES string of the molecule is Fc1ccc(OCCSc2nnc(N3CCOCC3)n2-c2ccccc2)cc1. The van der Waals surface area contributed by atoms with Crippen molar-refractivity contribution in [2.45, 2.75) is 5.16 Å². The zero-order valence-electron chi connectivity index (χ0n) is 15.3. The molecule has 4 rings (SSSR count). The molecule has 1 aliphatic rings. The number of hydrogen-bond acceptors (Lipinski definition) is 6. The molecule has 146 valence electrons. The monoisotopic (exact) mass is 400 g/mol. The molecule has 0 bridgehead atoms. The molecule has 2 aromatic carbocycles. The summed E-state index contributed by atoms with van der Waals surface area (Å²) in [6.07, 6.45) is 0. The number of thioether (sulfide) groups is 1. The van der Waals surface area contributed by atoms with E-state index in [2.05, 4.69) is 19.7 Å². The Hall–Kier alpha value is -2.58. The largest absolute Gasteiger partial charge is 0.493 e.